The number of aromatic nitrogens is 4. The second-order valence-electron chi connectivity index (χ2n) is 10.7. The van der Waals surface area contributed by atoms with Gasteiger partial charge < -0.3 is 19.7 Å². The van der Waals surface area contributed by atoms with E-state index in [9.17, 15) is 9.90 Å². The minimum atomic E-state index is -1.07. The molecule has 190 valence electrons. The first-order valence-electron chi connectivity index (χ1n) is 12.6. The summed E-state index contributed by atoms with van der Waals surface area (Å²) in [5.74, 6) is 2.21. The molecule has 0 atom stereocenters. The van der Waals surface area contributed by atoms with Crippen LogP contribution in [0.15, 0.2) is 42.7 Å². The lowest BCUT2D eigenvalue weighted by Gasteiger charge is -2.33. The van der Waals surface area contributed by atoms with Crippen molar-refractivity contribution in [2.24, 2.45) is 5.41 Å². The Morgan fingerprint density at radius 2 is 1.97 bits per heavy atom. The van der Waals surface area contributed by atoms with Gasteiger partial charge in [-0.05, 0) is 60.1 Å². The lowest BCUT2D eigenvalue weighted by Crippen LogP contribution is -2.31. The van der Waals surface area contributed by atoms with E-state index in [4.69, 9.17) is 9.72 Å². The van der Waals surface area contributed by atoms with Gasteiger partial charge >= 0.3 is 6.09 Å². The van der Waals surface area contributed by atoms with Crippen LogP contribution in [0.3, 0.4) is 0 Å². The molecule has 1 aliphatic heterocycles. The van der Waals surface area contributed by atoms with Gasteiger partial charge in [-0.2, -0.15) is 0 Å². The number of nitrogens with one attached hydrogen (secondary N) is 1. The molecule has 0 fully saturated rings. The quantitative estimate of drug-likeness (QED) is 0.407. The SMILES string of the molecule is CN(C(=O)O)c1nc2ccc(-c3ccc4c(c3)CN(c3ncnc5c3CC(C)(C)CC5)CCO4)cc2[nH]1. The summed E-state index contributed by atoms with van der Waals surface area (Å²) in [4.78, 5) is 31.5. The molecule has 4 aromatic rings. The summed E-state index contributed by atoms with van der Waals surface area (Å²) >= 11 is 0. The first-order valence-corrected chi connectivity index (χ1v) is 12.6. The van der Waals surface area contributed by atoms with Gasteiger partial charge in [-0.3, -0.25) is 4.90 Å². The van der Waals surface area contributed by atoms with Crippen molar-refractivity contribution in [2.45, 2.75) is 39.7 Å². The van der Waals surface area contributed by atoms with Crippen LogP contribution >= 0.6 is 0 Å². The highest BCUT2D eigenvalue weighted by Crippen LogP contribution is 2.39. The highest BCUT2D eigenvalue weighted by atomic mass is 16.5. The number of rotatable bonds is 3. The number of aromatic amines is 1. The van der Waals surface area contributed by atoms with Crippen molar-refractivity contribution in [1.82, 2.24) is 19.9 Å². The summed E-state index contributed by atoms with van der Waals surface area (Å²) in [6, 6.07) is 12.2. The number of amides is 1. The smallest absolute Gasteiger partial charge is 0.413 e. The van der Waals surface area contributed by atoms with Crippen molar-refractivity contribution in [3.8, 4) is 16.9 Å². The van der Waals surface area contributed by atoms with Gasteiger partial charge in [-0.15, -0.1) is 0 Å². The molecule has 2 aromatic heterocycles. The topological polar surface area (TPSA) is 107 Å². The fourth-order valence-corrected chi connectivity index (χ4v) is 5.31. The maximum Gasteiger partial charge on any atom is 0.413 e. The van der Waals surface area contributed by atoms with E-state index in [-0.39, 0.29) is 5.41 Å². The first-order chi connectivity index (χ1) is 17.8. The van der Waals surface area contributed by atoms with Gasteiger partial charge in [0.15, 0.2) is 0 Å². The van der Waals surface area contributed by atoms with Crippen molar-refractivity contribution in [1.29, 1.82) is 0 Å². The van der Waals surface area contributed by atoms with E-state index in [2.05, 4.69) is 45.8 Å². The van der Waals surface area contributed by atoms with Crippen LogP contribution in [0.25, 0.3) is 22.2 Å². The number of anilines is 2. The minimum Gasteiger partial charge on any atom is -0.491 e. The number of imidazole rings is 1. The summed E-state index contributed by atoms with van der Waals surface area (Å²) in [5, 5.41) is 9.27. The van der Waals surface area contributed by atoms with E-state index >= 15 is 0 Å². The van der Waals surface area contributed by atoms with Crippen LogP contribution < -0.4 is 14.5 Å². The fourth-order valence-electron chi connectivity index (χ4n) is 5.31. The van der Waals surface area contributed by atoms with Crippen molar-refractivity contribution >= 4 is 28.9 Å². The number of H-pyrrole nitrogens is 1. The zero-order valence-electron chi connectivity index (χ0n) is 21.3. The minimum absolute atomic E-state index is 0.240. The summed E-state index contributed by atoms with van der Waals surface area (Å²) in [5.41, 5.74) is 7.35. The third-order valence-electron chi connectivity index (χ3n) is 7.45. The summed E-state index contributed by atoms with van der Waals surface area (Å²) in [6.45, 7) is 6.69. The van der Waals surface area contributed by atoms with Crippen molar-refractivity contribution in [2.75, 3.05) is 30.0 Å². The molecule has 3 heterocycles. The molecule has 0 radical (unpaired) electrons. The van der Waals surface area contributed by atoms with Gasteiger partial charge in [0.05, 0.1) is 17.6 Å². The molecule has 2 aliphatic rings. The van der Waals surface area contributed by atoms with E-state index in [1.807, 2.05) is 24.3 Å². The average molecular weight is 499 g/mol. The maximum atomic E-state index is 11.3. The molecule has 0 unspecified atom stereocenters. The number of nitrogens with zero attached hydrogens (tertiary/aromatic N) is 5. The summed E-state index contributed by atoms with van der Waals surface area (Å²) in [7, 11) is 1.47. The predicted molar refractivity (Wildman–Crippen MR) is 142 cm³/mol. The standard InChI is InChI=1S/C28H30N6O3/c1-28(2)9-8-21-20(14-28)25(30-16-29-21)34-10-11-37-24-7-5-17(12-19(24)15-34)18-4-6-22-23(13-18)32-26(31-22)33(3)27(35)36/h4-7,12-13,16H,8-11,14-15H2,1-3H3,(H,31,32)(H,35,36). The van der Waals surface area contributed by atoms with Crippen LogP contribution in [-0.2, 0) is 19.4 Å². The number of benzene rings is 2. The Bertz CT molecular complexity index is 1510. The van der Waals surface area contributed by atoms with Gasteiger partial charge in [0.1, 0.15) is 24.5 Å². The predicted octanol–water partition coefficient (Wildman–Crippen LogP) is 5.05. The Morgan fingerprint density at radius 3 is 2.81 bits per heavy atom. The Morgan fingerprint density at radius 1 is 1.16 bits per heavy atom. The lowest BCUT2D eigenvalue weighted by atomic mass is 9.76. The zero-order chi connectivity index (χ0) is 25.7. The number of aryl methyl sites for hydroxylation is 1. The molecule has 0 saturated carbocycles. The average Bonchev–Trinajstić information content (AvgIpc) is 3.19. The van der Waals surface area contributed by atoms with Crippen LogP contribution in [0.4, 0.5) is 16.6 Å². The van der Waals surface area contributed by atoms with Crippen LogP contribution in [0.5, 0.6) is 5.75 Å². The highest BCUT2D eigenvalue weighted by molar-refractivity contribution is 5.88. The molecule has 9 nitrogen and oxygen atoms in total. The normalized spacial score (nSPS) is 16.5. The molecule has 1 aliphatic carbocycles. The van der Waals surface area contributed by atoms with E-state index in [1.54, 1.807) is 6.33 Å². The molecule has 2 N–H and O–H groups in total. The number of ether oxygens (including phenoxy) is 1. The van der Waals surface area contributed by atoms with Crippen molar-refractivity contribution < 1.29 is 14.6 Å². The van der Waals surface area contributed by atoms with Gasteiger partial charge in [-0.25, -0.2) is 19.7 Å². The van der Waals surface area contributed by atoms with Gasteiger partial charge in [0, 0.05) is 30.4 Å². The molecular weight excluding hydrogens is 468 g/mol. The molecule has 1 amide bonds. The molecule has 6 rings (SSSR count). The Labute approximate surface area is 215 Å². The monoisotopic (exact) mass is 498 g/mol. The Hall–Kier alpha value is -4.14. The van der Waals surface area contributed by atoms with Gasteiger partial charge in [0.25, 0.3) is 0 Å². The molecule has 0 bridgehead atoms. The lowest BCUT2D eigenvalue weighted by molar-refractivity contribution is 0.203. The second kappa shape index (κ2) is 8.76. The Kier molecular flexibility index (Phi) is 5.51. The van der Waals surface area contributed by atoms with Crippen LogP contribution in [0.1, 0.15) is 37.1 Å². The Balaban J connectivity index is 1.33. The van der Waals surface area contributed by atoms with Crippen molar-refractivity contribution in [3.05, 3.63) is 59.5 Å². The van der Waals surface area contributed by atoms with Crippen LogP contribution in [0.2, 0.25) is 0 Å². The van der Waals surface area contributed by atoms with E-state index in [1.165, 1.54) is 18.3 Å². The molecule has 2 aromatic carbocycles. The van der Waals surface area contributed by atoms with Gasteiger partial charge in [-0.1, -0.05) is 26.0 Å². The maximum absolute atomic E-state index is 11.3. The first kappa shape index (κ1) is 23.3. The van der Waals surface area contributed by atoms with E-state index < -0.39 is 6.09 Å². The van der Waals surface area contributed by atoms with E-state index in [0.29, 0.717) is 24.6 Å². The molecular formula is C28H30N6O3. The zero-order valence-corrected chi connectivity index (χ0v) is 21.3. The number of hydrogen-bond acceptors (Lipinski definition) is 6. The summed E-state index contributed by atoms with van der Waals surface area (Å²) in [6.07, 6.45) is 3.74. The fraction of sp³-hybridized carbons (Fsp3) is 0.357. The van der Waals surface area contributed by atoms with Crippen molar-refractivity contribution in [3.63, 3.8) is 0 Å². The summed E-state index contributed by atoms with van der Waals surface area (Å²) < 4.78 is 6.14. The molecule has 9 heteroatoms. The molecule has 0 spiro atoms. The number of carbonyl (C=O) groups is 1. The van der Waals surface area contributed by atoms with Gasteiger partial charge in [0.2, 0.25) is 5.95 Å². The highest BCUT2D eigenvalue weighted by Gasteiger charge is 2.30. The molecule has 0 saturated heterocycles. The molecule has 37 heavy (non-hydrogen) atoms. The number of fused-ring (bicyclic) bond motifs is 3. The van der Waals surface area contributed by atoms with E-state index in [0.717, 1.165) is 64.5 Å². The van der Waals surface area contributed by atoms with Crippen LogP contribution in [-0.4, -0.2) is 51.3 Å². The number of carboxylic acid groups (broad SMARTS) is 1. The third-order valence-corrected chi connectivity index (χ3v) is 7.45. The largest absolute Gasteiger partial charge is 0.491 e. The second-order valence-corrected chi connectivity index (χ2v) is 10.7. The van der Waals surface area contributed by atoms with Crippen LogP contribution in [0, 0.1) is 5.41 Å². The number of hydrogen-bond donors (Lipinski definition) is 2. The third kappa shape index (κ3) is 4.34.